The Balaban J connectivity index is 1.73. The number of alkyl halides is 1. The summed E-state index contributed by atoms with van der Waals surface area (Å²) in [5, 5.41) is 15.9. The van der Waals surface area contributed by atoms with Gasteiger partial charge in [0.25, 0.3) is 0 Å². The number of likely N-dealkylation sites (tertiary alicyclic amines) is 1. The molecule has 0 aliphatic carbocycles. The summed E-state index contributed by atoms with van der Waals surface area (Å²) < 4.78 is 0. The van der Waals surface area contributed by atoms with Crippen molar-refractivity contribution in [2.45, 2.75) is 65.3 Å². The van der Waals surface area contributed by atoms with Crippen molar-refractivity contribution in [3.63, 3.8) is 0 Å². The van der Waals surface area contributed by atoms with Crippen LogP contribution in [-0.2, 0) is 14.4 Å². The first-order chi connectivity index (χ1) is 16.4. The van der Waals surface area contributed by atoms with Crippen molar-refractivity contribution in [2.24, 2.45) is 5.41 Å². The number of aryl methyl sites for hydroxylation is 1. The highest BCUT2D eigenvalue weighted by molar-refractivity contribution is 7.13. The van der Waals surface area contributed by atoms with Gasteiger partial charge in [-0.25, -0.2) is 4.98 Å². The second kappa shape index (κ2) is 11.1. The molecule has 35 heavy (non-hydrogen) atoms. The number of thiazole rings is 1. The lowest BCUT2D eigenvalue weighted by Crippen LogP contribution is -2.58. The Morgan fingerprint density at radius 2 is 1.89 bits per heavy atom. The van der Waals surface area contributed by atoms with Gasteiger partial charge in [0, 0.05) is 13.0 Å². The van der Waals surface area contributed by atoms with E-state index < -0.39 is 35.4 Å². The van der Waals surface area contributed by atoms with Crippen LogP contribution in [0, 0.1) is 12.3 Å². The minimum Gasteiger partial charge on any atom is -0.391 e. The number of β-amino-alcohol motifs (C(OH)–C–C–N with tert-alkyl or cyclic N) is 1. The van der Waals surface area contributed by atoms with Crippen LogP contribution < -0.4 is 10.6 Å². The number of nitrogens with one attached hydrogen (secondary N) is 2. The van der Waals surface area contributed by atoms with E-state index in [2.05, 4.69) is 15.6 Å². The number of amides is 3. The summed E-state index contributed by atoms with van der Waals surface area (Å²) in [5.74, 6) is -1.50. The van der Waals surface area contributed by atoms with E-state index >= 15 is 0 Å². The fourth-order valence-electron chi connectivity index (χ4n) is 4.22. The van der Waals surface area contributed by atoms with Crippen molar-refractivity contribution < 1.29 is 19.5 Å². The molecule has 1 saturated heterocycles. The zero-order valence-corrected chi connectivity index (χ0v) is 22.2. The summed E-state index contributed by atoms with van der Waals surface area (Å²) >= 11 is 7.21. The lowest BCUT2D eigenvalue weighted by Gasteiger charge is -2.35. The topological polar surface area (TPSA) is 112 Å². The van der Waals surface area contributed by atoms with Crippen molar-refractivity contribution in [3.8, 4) is 10.4 Å². The number of hydrogen-bond donors (Lipinski definition) is 3. The Labute approximate surface area is 215 Å². The van der Waals surface area contributed by atoms with Crippen LogP contribution >= 0.6 is 22.9 Å². The molecule has 10 heteroatoms. The number of hydrogen-bond acceptors (Lipinski definition) is 6. The van der Waals surface area contributed by atoms with Gasteiger partial charge in [-0.2, -0.15) is 0 Å². The van der Waals surface area contributed by atoms with E-state index in [0.29, 0.717) is 0 Å². The summed E-state index contributed by atoms with van der Waals surface area (Å²) in [6.45, 7) is 9.34. The highest BCUT2D eigenvalue weighted by Crippen LogP contribution is 2.29. The molecule has 0 radical (unpaired) electrons. The average molecular weight is 521 g/mol. The van der Waals surface area contributed by atoms with Crippen molar-refractivity contribution in [1.29, 1.82) is 0 Å². The lowest BCUT2D eigenvalue weighted by atomic mass is 9.85. The molecule has 1 aliphatic rings. The maximum Gasteiger partial charge on any atom is 0.246 e. The minimum absolute atomic E-state index is 0.0253. The normalized spacial score (nSPS) is 19.8. The maximum atomic E-state index is 13.4. The van der Waals surface area contributed by atoms with Crippen LogP contribution in [0.15, 0.2) is 29.8 Å². The third kappa shape index (κ3) is 6.39. The van der Waals surface area contributed by atoms with E-state index in [1.54, 1.807) is 11.3 Å². The molecule has 190 valence electrons. The molecule has 3 N–H and O–H groups in total. The van der Waals surface area contributed by atoms with E-state index in [9.17, 15) is 19.5 Å². The quantitative estimate of drug-likeness (QED) is 0.486. The summed E-state index contributed by atoms with van der Waals surface area (Å²) in [6, 6.07) is 5.91. The zero-order chi connectivity index (χ0) is 25.9. The molecule has 2 heterocycles. The van der Waals surface area contributed by atoms with Gasteiger partial charge >= 0.3 is 0 Å². The Hall–Kier alpha value is -2.49. The van der Waals surface area contributed by atoms with Crippen molar-refractivity contribution in [2.75, 3.05) is 12.4 Å². The number of carbonyl (C=O) groups is 3. The Kier molecular flexibility index (Phi) is 8.56. The van der Waals surface area contributed by atoms with Gasteiger partial charge in [0.1, 0.15) is 18.0 Å². The number of aliphatic hydroxyl groups excluding tert-OH is 1. The largest absolute Gasteiger partial charge is 0.391 e. The second-order valence-electron chi connectivity index (χ2n) is 10.0. The molecule has 1 aromatic carbocycles. The SMILES string of the molecule is Cc1ncsc1-c1ccc(C(C)NC(=O)[C@@H]2C[C@@H](O)CN2C(=O)C(NC(=O)CCl)C(C)(C)C)cc1. The van der Waals surface area contributed by atoms with Gasteiger partial charge in [-0.3, -0.25) is 14.4 Å². The molecule has 0 bridgehead atoms. The molecular formula is C25H33ClN4O4S. The van der Waals surface area contributed by atoms with Gasteiger partial charge in [0.15, 0.2) is 0 Å². The second-order valence-corrected chi connectivity index (χ2v) is 11.1. The number of rotatable bonds is 7. The van der Waals surface area contributed by atoms with Crippen molar-refractivity contribution in [1.82, 2.24) is 20.5 Å². The highest BCUT2D eigenvalue weighted by atomic mass is 35.5. The first-order valence-corrected chi connectivity index (χ1v) is 13.0. The third-order valence-corrected chi connectivity index (χ3v) is 7.40. The predicted octanol–water partition coefficient (Wildman–Crippen LogP) is 3.03. The summed E-state index contributed by atoms with van der Waals surface area (Å²) in [5.41, 5.74) is 4.16. The summed E-state index contributed by atoms with van der Waals surface area (Å²) in [4.78, 5) is 45.3. The fourth-order valence-corrected chi connectivity index (χ4v) is 5.10. The van der Waals surface area contributed by atoms with Crippen LogP contribution in [0.1, 0.15) is 51.4 Å². The molecule has 2 unspecified atom stereocenters. The van der Waals surface area contributed by atoms with Gasteiger partial charge in [0.05, 0.1) is 28.2 Å². The van der Waals surface area contributed by atoms with E-state index in [0.717, 1.165) is 21.7 Å². The lowest BCUT2D eigenvalue weighted by molar-refractivity contribution is -0.143. The number of aliphatic hydroxyl groups is 1. The van der Waals surface area contributed by atoms with E-state index in [1.807, 2.05) is 64.4 Å². The molecule has 1 fully saturated rings. The van der Waals surface area contributed by atoms with Gasteiger partial charge in [-0.15, -0.1) is 22.9 Å². The van der Waals surface area contributed by atoms with Gasteiger partial charge in [0.2, 0.25) is 17.7 Å². The number of benzene rings is 1. The van der Waals surface area contributed by atoms with E-state index in [1.165, 1.54) is 4.90 Å². The third-order valence-electron chi connectivity index (χ3n) is 6.18. The molecule has 1 aliphatic heterocycles. The number of halogens is 1. The Morgan fingerprint density at radius 1 is 1.23 bits per heavy atom. The molecule has 8 nitrogen and oxygen atoms in total. The van der Waals surface area contributed by atoms with Crippen LogP contribution in [0.3, 0.4) is 0 Å². The summed E-state index contributed by atoms with van der Waals surface area (Å²) in [7, 11) is 0. The fraction of sp³-hybridized carbons (Fsp3) is 0.520. The first kappa shape index (κ1) is 27.1. The molecule has 1 aromatic heterocycles. The van der Waals surface area contributed by atoms with Gasteiger partial charge in [-0.1, -0.05) is 45.0 Å². The minimum atomic E-state index is -0.880. The number of carbonyl (C=O) groups excluding carboxylic acids is 3. The molecular weight excluding hydrogens is 488 g/mol. The number of nitrogens with zero attached hydrogens (tertiary/aromatic N) is 2. The van der Waals surface area contributed by atoms with Gasteiger partial charge in [-0.05, 0) is 30.4 Å². The predicted molar refractivity (Wildman–Crippen MR) is 137 cm³/mol. The van der Waals surface area contributed by atoms with Crippen LogP contribution in [0.5, 0.6) is 0 Å². The molecule has 3 rings (SSSR count). The molecule has 3 amide bonds. The Morgan fingerprint density at radius 3 is 2.43 bits per heavy atom. The van der Waals surface area contributed by atoms with Gasteiger partial charge < -0.3 is 20.6 Å². The van der Waals surface area contributed by atoms with Crippen LogP contribution in [0.25, 0.3) is 10.4 Å². The zero-order valence-electron chi connectivity index (χ0n) is 20.7. The highest BCUT2D eigenvalue weighted by Gasteiger charge is 2.44. The van der Waals surface area contributed by atoms with Crippen molar-refractivity contribution in [3.05, 3.63) is 41.0 Å². The standard InChI is InChI=1S/C25H33ClN4O4S/c1-14(16-6-8-17(9-7-16)21-15(2)27-13-35-21)28-23(33)19-10-18(31)12-30(19)24(34)22(25(3,4)5)29-20(32)11-26/h6-9,13-14,18-19,22,31H,10-12H2,1-5H3,(H,28,33)(H,29,32)/t14?,18-,19+,22?/m1/s1. The number of aromatic nitrogens is 1. The molecule has 4 atom stereocenters. The van der Waals surface area contributed by atoms with Crippen LogP contribution in [0.2, 0.25) is 0 Å². The maximum absolute atomic E-state index is 13.4. The first-order valence-electron chi connectivity index (χ1n) is 11.6. The van der Waals surface area contributed by atoms with Crippen LogP contribution in [0.4, 0.5) is 0 Å². The molecule has 0 spiro atoms. The van der Waals surface area contributed by atoms with E-state index in [4.69, 9.17) is 11.6 Å². The smallest absolute Gasteiger partial charge is 0.246 e. The Bertz CT molecular complexity index is 1070. The average Bonchev–Trinajstić information content (AvgIpc) is 3.41. The molecule has 2 aromatic rings. The van der Waals surface area contributed by atoms with E-state index in [-0.39, 0.29) is 30.8 Å². The van der Waals surface area contributed by atoms with Crippen molar-refractivity contribution >= 4 is 40.7 Å². The van der Waals surface area contributed by atoms with Crippen LogP contribution in [-0.4, -0.2) is 63.3 Å². The summed E-state index contributed by atoms with van der Waals surface area (Å²) in [6.07, 6.45) is -0.690. The molecule has 0 saturated carbocycles. The monoisotopic (exact) mass is 520 g/mol.